The fourth-order valence-electron chi connectivity index (χ4n) is 1.77. The number of hydrogen-bond donors (Lipinski definition) is 2. The van der Waals surface area contributed by atoms with E-state index in [0.717, 1.165) is 16.8 Å². The molecule has 0 atom stereocenters. The molecule has 0 radical (unpaired) electrons. The molecule has 0 unspecified atom stereocenters. The molecule has 0 aliphatic rings. The van der Waals surface area contributed by atoms with Crippen LogP contribution < -0.4 is 10.0 Å². The Labute approximate surface area is 119 Å². The van der Waals surface area contributed by atoms with Crippen molar-refractivity contribution < 1.29 is 8.42 Å². The van der Waals surface area contributed by atoms with Crippen LogP contribution in [0.2, 0.25) is 0 Å². The summed E-state index contributed by atoms with van der Waals surface area (Å²) in [5.41, 5.74) is 3.15. The number of aromatic nitrogens is 1. The molecule has 2 aromatic rings. The Morgan fingerprint density at radius 3 is 2.45 bits per heavy atom. The van der Waals surface area contributed by atoms with E-state index in [1.54, 1.807) is 30.5 Å². The van der Waals surface area contributed by atoms with E-state index in [1.807, 2.05) is 19.2 Å². The molecule has 0 amide bonds. The maximum atomic E-state index is 11.6. The molecule has 5 nitrogen and oxygen atoms in total. The SMILES string of the molecule is CNS(=O)(=O)c1ccc(NCc2ccncc2C)cc1. The van der Waals surface area contributed by atoms with E-state index in [1.165, 1.54) is 7.05 Å². The van der Waals surface area contributed by atoms with Gasteiger partial charge in [0.1, 0.15) is 0 Å². The molecule has 0 saturated carbocycles. The highest BCUT2D eigenvalue weighted by molar-refractivity contribution is 7.89. The summed E-state index contributed by atoms with van der Waals surface area (Å²) < 4.78 is 25.5. The minimum absolute atomic E-state index is 0.255. The summed E-state index contributed by atoms with van der Waals surface area (Å²) in [5, 5.41) is 3.26. The number of pyridine rings is 1. The van der Waals surface area contributed by atoms with E-state index in [0.29, 0.717) is 6.54 Å². The summed E-state index contributed by atoms with van der Waals surface area (Å²) in [5.74, 6) is 0. The van der Waals surface area contributed by atoms with Gasteiger partial charge in [-0.05, 0) is 55.4 Å². The first-order valence-electron chi connectivity index (χ1n) is 6.20. The molecule has 0 bridgehead atoms. The lowest BCUT2D eigenvalue weighted by atomic mass is 10.1. The van der Waals surface area contributed by atoms with E-state index in [9.17, 15) is 8.42 Å². The molecule has 1 aromatic heterocycles. The van der Waals surface area contributed by atoms with Crippen molar-refractivity contribution in [3.05, 3.63) is 53.9 Å². The van der Waals surface area contributed by atoms with Crippen LogP contribution in [0.3, 0.4) is 0 Å². The van der Waals surface area contributed by atoms with Gasteiger partial charge in [-0.15, -0.1) is 0 Å². The van der Waals surface area contributed by atoms with E-state index >= 15 is 0 Å². The lowest BCUT2D eigenvalue weighted by Crippen LogP contribution is -2.18. The number of hydrogen-bond acceptors (Lipinski definition) is 4. The van der Waals surface area contributed by atoms with Crippen molar-refractivity contribution in [2.24, 2.45) is 0 Å². The summed E-state index contributed by atoms with van der Waals surface area (Å²) in [7, 11) is -1.98. The first-order valence-corrected chi connectivity index (χ1v) is 7.68. The highest BCUT2D eigenvalue weighted by atomic mass is 32.2. The molecule has 0 aliphatic heterocycles. The Kier molecular flexibility index (Phi) is 4.36. The first kappa shape index (κ1) is 14.5. The number of aryl methyl sites for hydroxylation is 1. The number of rotatable bonds is 5. The third-order valence-electron chi connectivity index (χ3n) is 3.05. The number of anilines is 1. The van der Waals surface area contributed by atoms with Crippen molar-refractivity contribution in [1.29, 1.82) is 0 Å². The van der Waals surface area contributed by atoms with Gasteiger partial charge in [-0.2, -0.15) is 0 Å². The quantitative estimate of drug-likeness (QED) is 0.883. The van der Waals surface area contributed by atoms with Crippen LogP contribution in [0.15, 0.2) is 47.6 Å². The second kappa shape index (κ2) is 6.02. The molecule has 106 valence electrons. The Balaban J connectivity index is 2.07. The summed E-state index contributed by atoms with van der Waals surface area (Å²) in [6.07, 6.45) is 3.58. The number of sulfonamides is 1. The molecule has 2 N–H and O–H groups in total. The van der Waals surface area contributed by atoms with E-state index in [2.05, 4.69) is 15.0 Å². The van der Waals surface area contributed by atoms with Crippen LogP contribution >= 0.6 is 0 Å². The van der Waals surface area contributed by atoms with Crippen LogP contribution in [0.1, 0.15) is 11.1 Å². The molecule has 0 aliphatic carbocycles. The number of nitrogens with one attached hydrogen (secondary N) is 2. The summed E-state index contributed by atoms with van der Waals surface area (Å²) in [6, 6.07) is 8.62. The molecule has 0 spiro atoms. The Morgan fingerprint density at radius 1 is 1.15 bits per heavy atom. The van der Waals surface area contributed by atoms with Gasteiger partial charge < -0.3 is 5.32 Å². The molecule has 0 saturated heterocycles. The van der Waals surface area contributed by atoms with Crippen molar-refractivity contribution >= 4 is 15.7 Å². The van der Waals surface area contributed by atoms with Crippen LogP contribution in [-0.2, 0) is 16.6 Å². The van der Waals surface area contributed by atoms with Crippen molar-refractivity contribution in [3.63, 3.8) is 0 Å². The zero-order valence-corrected chi connectivity index (χ0v) is 12.2. The minimum Gasteiger partial charge on any atom is -0.381 e. The molecule has 1 aromatic carbocycles. The molecule has 6 heteroatoms. The minimum atomic E-state index is -3.37. The Morgan fingerprint density at radius 2 is 1.85 bits per heavy atom. The molecule has 20 heavy (non-hydrogen) atoms. The van der Waals surface area contributed by atoms with Gasteiger partial charge in [-0.25, -0.2) is 13.1 Å². The largest absolute Gasteiger partial charge is 0.381 e. The molecule has 2 rings (SSSR count). The van der Waals surface area contributed by atoms with Crippen molar-refractivity contribution in [3.8, 4) is 0 Å². The lowest BCUT2D eigenvalue weighted by molar-refractivity contribution is 0.588. The predicted molar refractivity (Wildman–Crippen MR) is 79.0 cm³/mol. The van der Waals surface area contributed by atoms with Gasteiger partial charge in [0.15, 0.2) is 0 Å². The average Bonchev–Trinajstić information content (AvgIpc) is 2.47. The number of benzene rings is 1. The summed E-state index contributed by atoms with van der Waals surface area (Å²) in [4.78, 5) is 4.30. The average molecular weight is 291 g/mol. The molecule has 0 fully saturated rings. The van der Waals surface area contributed by atoms with Gasteiger partial charge in [0.25, 0.3) is 0 Å². The Bertz CT molecular complexity index is 682. The fourth-order valence-corrected chi connectivity index (χ4v) is 2.50. The van der Waals surface area contributed by atoms with Crippen LogP contribution in [0, 0.1) is 6.92 Å². The van der Waals surface area contributed by atoms with E-state index < -0.39 is 10.0 Å². The van der Waals surface area contributed by atoms with E-state index in [-0.39, 0.29) is 4.90 Å². The monoisotopic (exact) mass is 291 g/mol. The van der Waals surface area contributed by atoms with Crippen LogP contribution in [0.25, 0.3) is 0 Å². The third-order valence-corrected chi connectivity index (χ3v) is 4.48. The molecular formula is C14H17N3O2S. The highest BCUT2D eigenvalue weighted by Gasteiger charge is 2.10. The van der Waals surface area contributed by atoms with E-state index in [4.69, 9.17) is 0 Å². The lowest BCUT2D eigenvalue weighted by Gasteiger charge is -2.09. The fraction of sp³-hybridized carbons (Fsp3) is 0.214. The van der Waals surface area contributed by atoms with Crippen molar-refractivity contribution in [2.45, 2.75) is 18.4 Å². The van der Waals surface area contributed by atoms with Crippen molar-refractivity contribution in [2.75, 3.05) is 12.4 Å². The zero-order chi connectivity index (χ0) is 14.6. The highest BCUT2D eigenvalue weighted by Crippen LogP contribution is 2.15. The van der Waals surface area contributed by atoms with Crippen molar-refractivity contribution in [1.82, 2.24) is 9.71 Å². The van der Waals surface area contributed by atoms with Crippen LogP contribution in [0.4, 0.5) is 5.69 Å². The topological polar surface area (TPSA) is 71.1 Å². The summed E-state index contributed by atoms with van der Waals surface area (Å²) in [6.45, 7) is 2.68. The van der Waals surface area contributed by atoms with Gasteiger partial charge >= 0.3 is 0 Å². The summed E-state index contributed by atoms with van der Waals surface area (Å²) >= 11 is 0. The zero-order valence-electron chi connectivity index (χ0n) is 11.4. The third kappa shape index (κ3) is 3.34. The Hall–Kier alpha value is -1.92. The van der Waals surface area contributed by atoms with Crippen LogP contribution in [-0.4, -0.2) is 20.4 Å². The van der Waals surface area contributed by atoms with Gasteiger partial charge in [0.2, 0.25) is 10.0 Å². The smallest absolute Gasteiger partial charge is 0.240 e. The standard InChI is InChI=1S/C14H17N3O2S/c1-11-9-16-8-7-12(11)10-17-13-3-5-14(6-4-13)20(18,19)15-2/h3-9,15,17H,10H2,1-2H3. The second-order valence-electron chi connectivity index (χ2n) is 4.39. The van der Waals surface area contributed by atoms with Gasteiger partial charge in [0, 0.05) is 24.6 Å². The molecular weight excluding hydrogens is 274 g/mol. The number of nitrogens with zero attached hydrogens (tertiary/aromatic N) is 1. The maximum absolute atomic E-state index is 11.6. The van der Waals surface area contributed by atoms with Gasteiger partial charge in [-0.1, -0.05) is 0 Å². The first-order chi connectivity index (χ1) is 9.53. The predicted octanol–water partition coefficient (Wildman–Crippen LogP) is 1.91. The normalized spacial score (nSPS) is 11.3. The maximum Gasteiger partial charge on any atom is 0.240 e. The van der Waals surface area contributed by atoms with Gasteiger partial charge in [0.05, 0.1) is 4.90 Å². The molecule has 1 heterocycles. The van der Waals surface area contributed by atoms with Crippen LogP contribution in [0.5, 0.6) is 0 Å². The van der Waals surface area contributed by atoms with Gasteiger partial charge in [-0.3, -0.25) is 4.98 Å². The second-order valence-corrected chi connectivity index (χ2v) is 6.27.